The molecule has 0 N–H and O–H groups in total. The van der Waals surface area contributed by atoms with Gasteiger partial charge < -0.3 is 4.52 Å². The molecule has 2 rings (SSSR count). The van der Waals surface area contributed by atoms with Crippen molar-refractivity contribution < 1.29 is 4.52 Å². The predicted octanol–water partition coefficient (Wildman–Crippen LogP) is 2.42. The first kappa shape index (κ1) is 11.6. The zero-order chi connectivity index (χ0) is 11.5. The van der Waals surface area contributed by atoms with Gasteiger partial charge in [0.2, 0.25) is 5.89 Å². The normalized spacial score (nSPS) is 16.3. The quantitative estimate of drug-likeness (QED) is 0.742. The van der Waals surface area contributed by atoms with Crippen molar-refractivity contribution in [1.82, 2.24) is 15.0 Å². The van der Waals surface area contributed by atoms with Gasteiger partial charge in [-0.3, -0.25) is 4.90 Å². The number of rotatable bonds is 6. The lowest BCUT2D eigenvalue weighted by atomic mass is 10.2. The van der Waals surface area contributed by atoms with Crippen molar-refractivity contribution in [2.75, 3.05) is 13.1 Å². The Balaban J connectivity index is 1.90. The summed E-state index contributed by atoms with van der Waals surface area (Å²) >= 11 is 0. The molecule has 0 aliphatic heterocycles. The van der Waals surface area contributed by atoms with Crippen LogP contribution in [-0.4, -0.2) is 28.1 Å². The van der Waals surface area contributed by atoms with Crippen molar-refractivity contribution in [3.63, 3.8) is 0 Å². The van der Waals surface area contributed by atoms with Crippen LogP contribution in [0.25, 0.3) is 0 Å². The molecule has 90 valence electrons. The van der Waals surface area contributed by atoms with Crippen molar-refractivity contribution in [1.29, 1.82) is 0 Å². The minimum absolute atomic E-state index is 0.581. The van der Waals surface area contributed by atoms with E-state index in [1.165, 1.54) is 12.8 Å². The number of aromatic nitrogens is 2. The van der Waals surface area contributed by atoms with E-state index >= 15 is 0 Å². The van der Waals surface area contributed by atoms with Gasteiger partial charge >= 0.3 is 0 Å². The molecule has 0 amide bonds. The van der Waals surface area contributed by atoms with Gasteiger partial charge in [-0.25, -0.2) is 0 Å². The third-order valence-electron chi connectivity index (χ3n) is 2.86. The van der Waals surface area contributed by atoms with Crippen LogP contribution >= 0.6 is 0 Å². The van der Waals surface area contributed by atoms with Crippen molar-refractivity contribution >= 4 is 0 Å². The zero-order valence-electron chi connectivity index (χ0n) is 10.4. The SMILES string of the molecule is CCN(Cc1nc(C2CC2)no1)CC(C)C. The summed E-state index contributed by atoms with van der Waals surface area (Å²) in [6, 6.07) is 0. The largest absolute Gasteiger partial charge is 0.338 e. The fraction of sp³-hybridized carbons (Fsp3) is 0.833. The van der Waals surface area contributed by atoms with Crippen LogP contribution in [-0.2, 0) is 6.54 Å². The molecular formula is C12H21N3O. The molecule has 1 heterocycles. The fourth-order valence-electron chi connectivity index (χ4n) is 1.85. The van der Waals surface area contributed by atoms with Crippen LogP contribution in [0.1, 0.15) is 51.2 Å². The minimum Gasteiger partial charge on any atom is -0.338 e. The monoisotopic (exact) mass is 223 g/mol. The van der Waals surface area contributed by atoms with Crippen LogP contribution in [0, 0.1) is 5.92 Å². The summed E-state index contributed by atoms with van der Waals surface area (Å²) in [6.07, 6.45) is 2.45. The lowest BCUT2D eigenvalue weighted by Crippen LogP contribution is -2.27. The number of hydrogen-bond acceptors (Lipinski definition) is 4. The smallest absolute Gasteiger partial charge is 0.240 e. The maximum Gasteiger partial charge on any atom is 0.240 e. The summed E-state index contributed by atoms with van der Waals surface area (Å²) < 4.78 is 5.28. The number of nitrogens with zero attached hydrogens (tertiary/aromatic N) is 3. The Bertz CT molecular complexity index is 331. The highest BCUT2D eigenvalue weighted by Crippen LogP contribution is 2.38. The van der Waals surface area contributed by atoms with Gasteiger partial charge in [0.1, 0.15) is 0 Å². The highest BCUT2D eigenvalue weighted by molar-refractivity contribution is 5.03. The number of hydrogen-bond donors (Lipinski definition) is 0. The van der Waals surface area contributed by atoms with E-state index < -0.39 is 0 Å². The molecule has 0 aromatic carbocycles. The lowest BCUT2D eigenvalue weighted by Gasteiger charge is -2.20. The summed E-state index contributed by atoms with van der Waals surface area (Å²) in [4.78, 5) is 6.79. The summed E-state index contributed by atoms with van der Waals surface area (Å²) in [6.45, 7) is 9.52. The Kier molecular flexibility index (Phi) is 3.59. The molecule has 1 aromatic heterocycles. The second-order valence-corrected chi connectivity index (χ2v) is 5.04. The molecule has 0 spiro atoms. The Hall–Kier alpha value is -0.900. The summed E-state index contributed by atoms with van der Waals surface area (Å²) in [7, 11) is 0. The molecule has 1 saturated carbocycles. The average molecular weight is 223 g/mol. The van der Waals surface area contributed by atoms with E-state index in [0.717, 1.165) is 31.3 Å². The molecular weight excluding hydrogens is 202 g/mol. The van der Waals surface area contributed by atoms with E-state index in [2.05, 4.69) is 35.8 Å². The van der Waals surface area contributed by atoms with E-state index in [1.54, 1.807) is 0 Å². The average Bonchev–Trinajstić information content (AvgIpc) is 2.98. The summed E-state index contributed by atoms with van der Waals surface area (Å²) in [5, 5.41) is 4.03. The maximum atomic E-state index is 5.28. The Morgan fingerprint density at radius 2 is 2.19 bits per heavy atom. The van der Waals surface area contributed by atoms with Gasteiger partial charge in [0, 0.05) is 12.5 Å². The van der Waals surface area contributed by atoms with E-state index in [9.17, 15) is 0 Å². The molecule has 1 aliphatic carbocycles. The van der Waals surface area contributed by atoms with Gasteiger partial charge in [-0.1, -0.05) is 25.9 Å². The summed E-state index contributed by atoms with van der Waals surface area (Å²) in [5.74, 6) is 2.93. The molecule has 0 saturated heterocycles. The van der Waals surface area contributed by atoms with E-state index in [4.69, 9.17) is 4.52 Å². The first-order chi connectivity index (χ1) is 7.69. The third kappa shape index (κ3) is 3.04. The van der Waals surface area contributed by atoms with Crippen LogP contribution < -0.4 is 0 Å². The molecule has 0 bridgehead atoms. The van der Waals surface area contributed by atoms with Crippen molar-refractivity contribution in [2.45, 2.75) is 46.1 Å². The second kappa shape index (κ2) is 4.95. The van der Waals surface area contributed by atoms with Gasteiger partial charge in [0.25, 0.3) is 0 Å². The van der Waals surface area contributed by atoms with Gasteiger partial charge in [0.05, 0.1) is 6.54 Å². The van der Waals surface area contributed by atoms with Crippen LogP contribution in [0.3, 0.4) is 0 Å². The second-order valence-electron chi connectivity index (χ2n) is 5.04. The van der Waals surface area contributed by atoms with Crippen molar-refractivity contribution in [2.24, 2.45) is 5.92 Å². The van der Waals surface area contributed by atoms with E-state index in [-0.39, 0.29) is 0 Å². The first-order valence-corrected chi connectivity index (χ1v) is 6.23. The fourth-order valence-corrected chi connectivity index (χ4v) is 1.85. The zero-order valence-corrected chi connectivity index (χ0v) is 10.4. The Labute approximate surface area is 97.0 Å². The molecule has 4 nitrogen and oxygen atoms in total. The van der Waals surface area contributed by atoms with Crippen LogP contribution in [0.2, 0.25) is 0 Å². The minimum atomic E-state index is 0.581. The molecule has 16 heavy (non-hydrogen) atoms. The molecule has 1 fully saturated rings. The molecule has 1 aromatic rings. The van der Waals surface area contributed by atoms with Crippen molar-refractivity contribution in [3.8, 4) is 0 Å². The Morgan fingerprint density at radius 1 is 1.44 bits per heavy atom. The first-order valence-electron chi connectivity index (χ1n) is 6.23. The van der Waals surface area contributed by atoms with Crippen LogP contribution in [0.15, 0.2) is 4.52 Å². The molecule has 0 unspecified atom stereocenters. The van der Waals surface area contributed by atoms with Crippen LogP contribution in [0.5, 0.6) is 0 Å². The van der Waals surface area contributed by atoms with Gasteiger partial charge in [0.15, 0.2) is 5.82 Å². The molecule has 1 aliphatic rings. The molecule has 4 heteroatoms. The van der Waals surface area contributed by atoms with Crippen molar-refractivity contribution in [3.05, 3.63) is 11.7 Å². The topological polar surface area (TPSA) is 42.2 Å². The van der Waals surface area contributed by atoms with Gasteiger partial charge in [-0.15, -0.1) is 0 Å². The molecule has 0 radical (unpaired) electrons. The summed E-state index contributed by atoms with van der Waals surface area (Å²) in [5.41, 5.74) is 0. The predicted molar refractivity (Wildman–Crippen MR) is 62.1 cm³/mol. The van der Waals surface area contributed by atoms with Gasteiger partial charge in [-0.2, -0.15) is 4.98 Å². The standard InChI is InChI=1S/C12H21N3O/c1-4-15(7-9(2)3)8-11-13-12(14-16-11)10-5-6-10/h9-10H,4-8H2,1-3H3. The van der Waals surface area contributed by atoms with E-state index in [0.29, 0.717) is 11.8 Å². The lowest BCUT2D eigenvalue weighted by molar-refractivity contribution is 0.214. The van der Waals surface area contributed by atoms with E-state index in [1.807, 2.05) is 0 Å². The van der Waals surface area contributed by atoms with Crippen LogP contribution in [0.4, 0.5) is 0 Å². The van der Waals surface area contributed by atoms with Gasteiger partial charge in [-0.05, 0) is 25.3 Å². The maximum absolute atomic E-state index is 5.28. The third-order valence-corrected chi connectivity index (χ3v) is 2.86. The molecule has 0 atom stereocenters. The highest BCUT2D eigenvalue weighted by Gasteiger charge is 2.28. The Morgan fingerprint density at radius 3 is 2.75 bits per heavy atom. The highest BCUT2D eigenvalue weighted by atomic mass is 16.5.